The number of carbonyl (C=O) groups excluding carboxylic acids is 1. The smallest absolute Gasteiger partial charge is 0.320 e. The SMILES string of the molecule is COC(=O)CCN(C)S(=O)(=O)CC(=O)O. The summed E-state index contributed by atoms with van der Waals surface area (Å²) in [6, 6.07) is 0. The van der Waals surface area contributed by atoms with E-state index in [-0.39, 0.29) is 13.0 Å². The Morgan fingerprint density at radius 1 is 1.40 bits per heavy atom. The van der Waals surface area contributed by atoms with E-state index in [0.717, 1.165) is 4.31 Å². The molecule has 88 valence electrons. The molecule has 0 aliphatic rings. The zero-order chi connectivity index (χ0) is 12.1. The van der Waals surface area contributed by atoms with E-state index in [1.165, 1.54) is 14.2 Å². The van der Waals surface area contributed by atoms with Gasteiger partial charge >= 0.3 is 11.9 Å². The van der Waals surface area contributed by atoms with Gasteiger partial charge in [-0.2, -0.15) is 0 Å². The van der Waals surface area contributed by atoms with Crippen LogP contribution in [-0.2, 0) is 24.3 Å². The Kier molecular flexibility index (Phi) is 5.23. The van der Waals surface area contributed by atoms with Gasteiger partial charge in [0.1, 0.15) is 0 Å². The normalized spacial score (nSPS) is 11.4. The first-order valence-electron chi connectivity index (χ1n) is 4.02. The monoisotopic (exact) mass is 239 g/mol. The Balaban J connectivity index is 4.26. The molecule has 0 atom stereocenters. The van der Waals surface area contributed by atoms with Crippen molar-refractivity contribution in [1.29, 1.82) is 0 Å². The molecule has 8 heteroatoms. The molecule has 0 radical (unpaired) electrons. The Morgan fingerprint density at radius 2 is 1.93 bits per heavy atom. The average molecular weight is 239 g/mol. The molecule has 0 fully saturated rings. The molecule has 0 aromatic rings. The summed E-state index contributed by atoms with van der Waals surface area (Å²) in [4.78, 5) is 20.9. The van der Waals surface area contributed by atoms with Gasteiger partial charge in [0, 0.05) is 13.6 Å². The van der Waals surface area contributed by atoms with Gasteiger partial charge in [-0.3, -0.25) is 9.59 Å². The lowest BCUT2D eigenvalue weighted by Crippen LogP contribution is -2.33. The van der Waals surface area contributed by atoms with Crippen molar-refractivity contribution in [2.24, 2.45) is 0 Å². The second-order valence-corrected chi connectivity index (χ2v) is 4.87. The van der Waals surface area contributed by atoms with Gasteiger partial charge in [0.25, 0.3) is 0 Å². The van der Waals surface area contributed by atoms with Gasteiger partial charge in [-0.05, 0) is 0 Å². The Bertz CT molecular complexity index is 335. The highest BCUT2D eigenvalue weighted by Gasteiger charge is 2.21. The third-order valence-electron chi connectivity index (χ3n) is 1.64. The minimum atomic E-state index is -3.84. The third kappa shape index (κ3) is 5.33. The fraction of sp³-hybridized carbons (Fsp3) is 0.714. The zero-order valence-corrected chi connectivity index (χ0v) is 9.28. The second-order valence-electron chi connectivity index (χ2n) is 2.80. The fourth-order valence-corrected chi connectivity index (χ4v) is 1.66. The lowest BCUT2D eigenvalue weighted by atomic mass is 10.4. The van der Waals surface area contributed by atoms with Crippen molar-refractivity contribution in [1.82, 2.24) is 4.31 Å². The summed E-state index contributed by atoms with van der Waals surface area (Å²) >= 11 is 0. The highest BCUT2D eigenvalue weighted by Crippen LogP contribution is 2.00. The van der Waals surface area contributed by atoms with Crippen LogP contribution in [0.5, 0.6) is 0 Å². The summed E-state index contributed by atoms with van der Waals surface area (Å²) in [6.45, 7) is -0.0950. The van der Waals surface area contributed by atoms with Crippen molar-refractivity contribution in [2.45, 2.75) is 6.42 Å². The molecule has 0 amide bonds. The number of methoxy groups -OCH3 is 1. The minimum Gasteiger partial charge on any atom is -0.480 e. The summed E-state index contributed by atoms with van der Waals surface area (Å²) < 4.78 is 27.6. The predicted molar refractivity (Wildman–Crippen MR) is 50.7 cm³/mol. The molecule has 0 saturated carbocycles. The Hall–Kier alpha value is -1.15. The average Bonchev–Trinajstić information content (AvgIpc) is 2.11. The van der Waals surface area contributed by atoms with Crippen LogP contribution in [-0.4, -0.2) is 56.2 Å². The molecule has 0 aliphatic carbocycles. The summed E-state index contributed by atoms with van der Waals surface area (Å²) in [7, 11) is -1.44. The number of esters is 1. The first kappa shape index (κ1) is 13.8. The zero-order valence-electron chi connectivity index (χ0n) is 8.47. The van der Waals surface area contributed by atoms with Gasteiger partial charge in [-0.1, -0.05) is 0 Å². The van der Waals surface area contributed by atoms with Crippen molar-refractivity contribution >= 4 is 22.0 Å². The largest absolute Gasteiger partial charge is 0.480 e. The molecule has 0 rings (SSSR count). The van der Waals surface area contributed by atoms with Crippen molar-refractivity contribution in [3.05, 3.63) is 0 Å². The first-order valence-corrected chi connectivity index (χ1v) is 5.63. The van der Waals surface area contributed by atoms with Crippen molar-refractivity contribution in [2.75, 3.05) is 26.5 Å². The Morgan fingerprint density at radius 3 is 2.33 bits per heavy atom. The number of aliphatic carboxylic acids is 1. The van der Waals surface area contributed by atoms with Crippen molar-refractivity contribution in [3.63, 3.8) is 0 Å². The maximum Gasteiger partial charge on any atom is 0.320 e. The lowest BCUT2D eigenvalue weighted by Gasteiger charge is -2.14. The molecule has 0 spiro atoms. The summed E-state index contributed by atoms with van der Waals surface area (Å²) in [5, 5.41) is 8.32. The van der Waals surface area contributed by atoms with Crippen LogP contribution in [0.2, 0.25) is 0 Å². The molecule has 0 aromatic heterocycles. The molecular weight excluding hydrogens is 226 g/mol. The van der Waals surface area contributed by atoms with E-state index in [9.17, 15) is 18.0 Å². The number of carboxylic acid groups (broad SMARTS) is 1. The molecule has 0 aliphatic heterocycles. The van der Waals surface area contributed by atoms with E-state index in [0.29, 0.717) is 0 Å². The quantitative estimate of drug-likeness (QED) is 0.590. The van der Waals surface area contributed by atoms with E-state index >= 15 is 0 Å². The maximum atomic E-state index is 11.2. The molecular formula is C7H13NO6S. The van der Waals surface area contributed by atoms with Crippen LogP contribution in [0.3, 0.4) is 0 Å². The maximum absolute atomic E-state index is 11.2. The molecule has 0 unspecified atom stereocenters. The summed E-state index contributed by atoms with van der Waals surface area (Å²) in [6.07, 6.45) is -0.105. The van der Waals surface area contributed by atoms with Crippen LogP contribution < -0.4 is 0 Å². The molecule has 0 aromatic carbocycles. The van der Waals surface area contributed by atoms with Gasteiger partial charge < -0.3 is 9.84 Å². The van der Waals surface area contributed by atoms with E-state index in [2.05, 4.69) is 4.74 Å². The van der Waals surface area contributed by atoms with Gasteiger partial charge in [0.15, 0.2) is 5.75 Å². The number of sulfonamides is 1. The van der Waals surface area contributed by atoms with Crippen LogP contribution in [0, 0.1) is 0 Å². The highest BCUT2D eigenvalue weighted by molar-refractivity contribution is 7.89. The molecule has 0 heterocycles. The predicted octanol–water partition coefficient (Wildman–Crippen LogP) is -1.10. The van der Waals surface area contributed by atoms with Crippen LogP contribution in [0.25, 0.3) is 0 Å². The van der Waals surface area contributed by atoms with Gasteiger partial charge in [-0.15, -0.1) is 0 Å². The van der Waals surface area contributed by atoms with Crippen LogP contribution in [0.1, 0.15) is 6.42 Å². The first-order chi connectivity index (χ1) is 6.79. The van der Waals surface area contributed by atoms with E-state index in [4.69, 9.17) is 5.11 Å². The minimum absolute atomic E-state index is 0.0950. The van der Waals surface area contributed by atoms with E-state index in [1.807, 2.05) is 0 Å². The topological polar surface area (TPSA) is 101 Å². The number of carbonyl (C=O) groups is 2. The van der Waals surface area contributed by atoms with E-state index in [1.54, 1.807) is 0 Å². The molecule has 15 heavy (non-hydrogen) atoms. The lowest BCUT2D eigenvalue weighted by molar-refractivity contribution is -0.140. The number of hydrogen-bond acceptors (Lipinski definition) is 5. The Labute approximate surface area is 87.7 Å². The number of nitrogens with zero attached hydrogens (tertiary/aromatic N) is 1. The van der Waals surface area contributed by atoms with Crippen LogP contribution in [0.4, 0.5) is 0 Å². The molecule has 1 N–H and O–H groups in total. The standard InChI is InChI=1S/C7H13NO6S/c1-8(4-3-7(11)14-2)15(12,13)5-6(9)10/h3-5H2,1-2H3,(H,9,10). The second kappa shape index (κ2) is 5.66. The number of rotatable bonds is 6. The van der Waals surface area contributed by atoms with Gasteiger partial charge in [-0.25, -0.2) is 12.7 Å². The van der Waals surface area contributed by atoms with Gasteiger partial charge in [0.2, 0.25) is 10.0 Å². The number of carboxylic acids is 1. The number of ether oxygens (including phenoxy) is 1. The van der Waals surface area contributed by atoms with Crippen LogP contribution in [0.15, 0.2) is 0 Å². The van der Waals surface area contributed by atoms with E-state index < -0.39 is 27.7 Å². The van der Waals surface area contributed by atoms with Crippen LogP contribution >= 0.6 is 0 Å². The van der Waals surface area contributed by atoms with Crippen molar-refractivity contribution in [3.8, 4) is 0 Å². The molecule has 7 nitrogen and oxygen atoms in total. The third-order valence-corrected chi connectivity index (χ3v) is 3.38. The molecule has 0 bridgehead atoms. The fourth-order valence-electron chi connectivity index (χ4n) is 0.756. The summed E-state index contributed by atoms with van der Waals surface area (Å²) in [5.74, 6) is -2.96. The highest BCUT2D eigenvalue weighted by atomic mass is 32.2. The van der Waals surface area contributed by atoms with Gasteiger partial charge in [0.05, 0.1) is 13.5 Å². The van der Waals surface area contributed by atoms with Crippen molar-refractivity contribution < 1.29 is 27.9 Å². The summed E-state index contributed by atoms with van der Waals surface area (Å²) in [5.41, 5.74) is 0. The number of hydrogen-bond donors (Lipinski definition) is 1. The molecule has 0 saturated heterocycles.